The first-order chi connectivity index (χ1) is 6.75. The third kappa shape index (κ3) is 1.83. The highest BCUT2D eigenvalue weighted by molar-refractivity contribution is 5.51. The van der Waals surface area contributed by atoms with Crippen LogP contribution in [0.4, 0.5) is 0 Å². The summed E-state index contributed by atoms with van der Waals surface area (Å²) in [5.74, 6) is 0. The molecule has 0 aliphatic heterocycles. The van der Waals surface area contributed by atoms with Crippen LogP contribution in [-0.2, 0) is 0 Å². The van der Waals surface area contributed by atoms with Crippen LogP contribution in [0.3, 0.4) is 0 Å². The number of aliphatic hydroxyl groups is 1. The number of hydrogen-bond donors (Lipinski definition) is 1. The summed E-state index contributed by atoms with van der Waals surface area (Å²) in [6.07, 6.45) is 6.97. The first-order valence-corrected chi connectivity index (χ1v) is 4.56. The Morgan fingerprint density at radius 1 is 1.50 bits per heavy atom. The van der Waals surface area contributed by atoms with E-state index < -0.39 is 6.10 Å². The summed E-state index contributed by atoms with van der Waals surface area (Å²) in [4.78, 5) is 4.35. The number of hydrogen-bond acceptors (Lipinski definition) is 2. The predicted octanol–water partition coefficient (Wildman–Crippen LogP) is 1.73. The summed E-state index contributed by atoms with van der Waals surface area (Å²) in [5, 5.41) is 9.07. The van der Waals surface area contributed by atoms with Crippen LogP contribution in [0.25, 0.3) is 11.7 Å². The molecule has 0 bridgehead atoms. The molecule has 0 spiro atoms. The second kappa shape index (κ2) is 3.64. The highest BCUT2D eigenvalue weighted by Crippen LogP contribution is 2.06. The highest BCUT2D eigenvalue weighted by atomic mass is 16.3. The van der Waals surface area contributed by atoms with Crippen LogP contribution in [0.1, 0.15) is 12.6 Å². The zero-order valence-corrected chi connectivity index (χ0v) is 7.96. The number of aromatic nitrogens is 2. The maximum atomic E-state index is 9.07. The predicted molar refractivity (Wildman–Crippen MR) is 55.9 cm³/mol. The Bertz CT molecular complexity index is 424. The van der Waals surface area contributed by atoms with Gasteiger partial charge in [0.2, 0.25) is 0 Å². The summed E-state index contributed by atoms with van der Waals surface area (Å²) in [6, 6.07) is 5.85. The van der Waals surface area contributed by atoms with Crippen molar-refractivity contribution in [1.29, 1.82) is 0 Å². The number of fused-ring (bicyclic) bond motifs is 1. The summed E-state index contributed by atoms with van der Waals surface area (Å²) >= 11 is 0. The van der Waals surface area contributed by atoms with Gasteiger partial charge in [0.25, 0.3) is 0 Å². The molecule has 3 nitrogen and oxygen atoms in total. The highest BCUT2D eigenvalue weighted by Gasteiger charge is 1.96. The molecule has 1 N–H and O–H groups in total. The van der Waals surface area contributed by atoms with E-state index in [4.69, 9.17) is 5.11 Å². The van der Waals surface area contributed by atoms with E-state index in [2.05, 4.69) is 4.98 Å². The van der Waals surface area contributed by atoms with Gasteiger partial charge >= 0.3 is 0 Å². The van der Waals surface area contributed by atoms with Gasteiger partial charge in [-0.2, -0.15) is 0 Å². The molecule has 1 unspecified atom stereocenters. The quantitative estimate of drug-likeness (QED) is 0.779. The number of aliphatic hydroxyl groups excluding tert-OH is 1. The van der Waals surface area contributed by atoms with Crippen LogP contribution in [0.2, 0.25) is 0 Å². The molecule has 0 aliphatic carbocycles. The Kier molecular flexibility index (Phi) is 2.33. The molecule has 0 saturated carbocycles. The van der Waals surface area contributed by atoms with E-state index in [-0.39, 0.29) is 0 Å². The van der Waals surface area contributed by atoms with Gasteiger partial charge in [-0.1, -0.05) is 12.1 Å². The molecule has 72 valence electrons. The SMILES string of the molecule is CC(O)/C=C/c1cn2ccccc2n1. The Hall–Kier alpha value is -1.61. The van der Waals surface area contributed by atoms with Crippen molar-refractivity contribution < 1.29 is 5.11 Å². The zero-order valence-electron chi connectivity index (χ0n) is 7.96. The van der Waals surface area contributed by atoms with Gasteiger partial charge < -0.3 is 9.51 Å². The fourth-order valence-corrected chi connectivity index (χ4v) is 1.27. The summed E-state index contributed by atoms with van der Waals surface area (Å²) in [6.45, 7) is 1.71. The van der Waals surface area contributed by atoms with Crippen molar-refractivity contribution >= 4 is 11.7 Å². The van der Waals surface area contributed by atoms with E-state index in [1.807, 2.05) is 41.1 Å². The first kappa shape index (κ1) is 8.97. The molecule has 14 heavy (non-hydrogen) atoms. The molecule has 0 saturated heterocycles. The molecule has 1 atom stereocenters. The molecule has 0 fully saturated rings. The summed E-state index contributed by atoms with van der Waals surface area (Å²) in [7, 11) is 0. The fourth-order valence-electron chi connectivity index (χ4n) is 1.27. The molecule has 2 aromatic rings. The molecule has 0 radical (unpaired) electrons. The topological polar surface area (TPSA) is 37.5 Å². The Morgan fingerprint density at radius 2 is 2.36 bits per heavy atom. The van der Waals surface area contributed by atoms with E-state index in [0.717, 1.165) is 11.3 Å². The minimum absolute atomic E-state index is 0.431. The molecule has 2 heterocycles. The molecular weight excluding hydrogens is 176 g/mol. The van der Waals surface area contributed by atoms with Crippen molar-refractivity contribution in [3.8, 4) is 0 Å². The molecule has 0 aromatic carbocycles. The van der Waals surface area contributed by atoms with Crippen molar-refractivity contribution in [3.63, 3.8) is 0 Å². The van der Waals surface area contributed by atoms with Crippen molar-refractivity contribution in [2.24, 2.45) is 0 Å². The number of rotatable bonds is 2. The van der Waals surface area contributed by atoms with Crippen LogP contribution >= 0.6 is 0 Å². The van der Waals surface area contributed by atoms with Crippen LogP contribution in [-0.4, -0.2) is 20.6 Å². The third-order valence-electron chi connectivity index (χ3n) is 1.93. The van der Waals surface area contributed by atoms with Gasteiger partial charge in [-0.3, -0.25) is 0 Å². The summed E-state index contributed by atoms with van der Waals surface area (Å²) < 4.78 is 1.95. The standard InChI is InChI=1S/C11H12N2O/c1-9(14)5-6-10-8-13-7-3-2-4-11(13)12-10/h2-9,14H,1H3/b6-5+. The Morgan fingerprint density at radius 3 is 3.07 bits per heavy atom. The maximum absolute atomic E-state index is 9.07. The van der Waals surface area contributed by atoms with Gasteiger partial charge in [0, 0.05) is 12.4 Å². The minimum atomic E-state index is -0.431. The largest absolute Gasteiger partial charge is 0.389 e. The van der Waals surface area contributed by atoms with Gasteiger partial charge in [0.05, 0.1) is 11.8 Å². The average Bonchev–Trinajstić information content (AvgIpc) is 2.57. The first-order valence-electron chi connectivity index (χ1n) is 4.56. The van der Waals surface area contributed by atoms with Crippen molar-refractivity contribution in [2.45, 2.75) is 13.0 Å². The summed E-state index contributed by atoms with van der Waals surface area (Å²) in [5.41, 5.74) is 1.77. The average molecular weight is 188 g/mol. The Balaban J connectivity index is 2.36. The maximum Gasteiger partial charge on any atom is 0.137 e. The van der Waals surface area contributed by atoms with Gasteiger partial charge in [0.1, 0.15) is 5.65 Å². The van der Waals surface area contributed by atoms with E-state index in [9.17, 15) is 0 Å². The normalized spacial score (nSPS) is 13.9. The van der Waals surface area contributed by atoms with Gasteiger partial charge in [-0.15, -0.1) is 0 Å². The monoisotopic (exact) mass is 188 g/mol. The lowest BCUT2D eigenvalue weighted by atomic mass is 10.3. The van der Waals surface area contributed by atoms with Crippen LogP contribution in [0.15, 0.2) is 36.7 Å². The minimum Gasteiger partial charge on any atom is -0.389 e. The van der Waals surface area contributed by atoms with E-state index in [1.54, 1.807) is 13.0 Å². The lowest BCUT2D eigenvalue weighted by Gasteiger charge is -1.90. The second-order valence-corrected chi connectivity index (χ2v) is 3.23. The van der Waals surface area contributed by atoms with Gasteiger partial charge in [-0.25, -0.2) is 4.98 Å². The van der Waals surface area contributed by atoms with Gasteiger partial charge in [0.15, 0.2) is 0 Å². The molecule has 2 aromatic heterocycles. The smallest absolute Gasteiger partial charge is 0.137 e. The molecule has 2 rings (SSSR count). The lowest BCUT2D eigenvalue weighted by Crippen LogP contribution is -1.91. The fraction of sp³-hybridized carbons (Fsp3) is 0.182. The van der Waals surface area contributed by atoms with Crippen LogP contribution < -0.4 is 0 Å². The molecule has 0 amide bonds. The van der Waals surface area contributed by atoms with Crippen LogP contribution in [0, 0.1) is 0 Å². The third-order valence-corrected chi connectivity index (χ3v) is 1.93. The van der Waals surface area contributed by atoms with E-state index in [0.29, 0.717) is 0 Å². The lowest BCUT2D eigenvalue weighted by molar-refractivity contribution is 0.245. The van der Waals surface area contributed by atoms with E-state index in [1.165, 1.54) is 0 Å². The molecular formula is C11H12N2O. The van der Waals surface area contributed by atoms with Crippen molar-refractivity contribution in [1.82, 2.24) is 9.38 Å². The molecule has 3 heteroatoms. The number of imidazole rings is 1. The van der Waals surface area contributed by atoms with Crippen LogP contribution in [0.5, 0.6) is 0 Å². The van der Waals surface area contributed by atoms with Crippen molar-refractivity contribution in [2.75, 3.05) is 0 Å². The van der Waals surface area contributed by atoms with E-state index >= 15 is 0 Å². The molecule has 0 aliphatic rings. The van der Waals surface area contributed by atoms with Crippen molar-refractivity contribution in [3.05, 3.63) is 42.4 Å². The van der Waals surface area contributed by atoms with Gasteiger partial charge in [-0.05, 0) is 25.1 Å². The number of pyridine rings is 1. The number of nitrogens with zero attached hydrogens (tertiary/aromatic N) is 2. The second-order valence-electron chi connectivity index (χ2n) is 3.23. The zero-order chi connectivity index (χ0) is 9.97. The Labute approximate surface area is 82.3 Å².